The van der Waals surface area contributed by atoms with Crippen LogP contribution in [0.3, 0.4) is 0 Å². The van der Waals surface area contributed by atoms with Crippen LogP contribution < -0.4 is 10.6 Å². The number of hydrogen-bond acceptors (Lipinski definition) is 2. The first-order chi connectivity index (χ1) is 6.74. The molecule has 84 valence electrons. The molecule has 1 rings (SSSR count). The zero-order chi connectivity index (χ0) is 10.4. The van der Waals surface area contributed by atoms with Crippen LogP contribution in [0.25, 0.3) is 0 Å². The Kier molecular flexibility index (Phi) is 6.75. The Bertz CT molecular complexity index is 290. The van der Waals surface area contributed by atoms with Crippen molar-refractivity contribution in [2.24, 2.45) is 0 Å². The number of halogens is 1. The fraction of sp³-hybridized carbons (Fsp3) is 0.364. The lowest BCUT2D eigenvalue weighted by Crippen LogP contribution is -2.40. The van der Waals surface area contributed by atoms with Gasteiger partial charge in [-0.3, -0.25) is 4.79 Å². The van der Waals surface area contributed by atoms with E-state index in [0.717, 1.165) is 6.54 Å². The van der Waals surface area contributed by atoms with Gasteiger partial charge in [0.15, 0.2) is 0 Å². The summed E-state index contributed by atoms with van der Waals surface area (Å²) in [5.74, 6) is 0.0148. The zero-order valence-corrected chi connectivity index (χ0v) is 9.80. The highest BCUT2D eigenvalue weighted by molar-refractivity contribution is 5.85. The molecule has 0 aliphatic heterocycles. The molecule has 0 spiro atoms. The minimum absolute atomic E-state index is 0. The SMILES string of the molecule is CNC(=O)[C@@H](C)NCc1ccccc1.Cl. The van der Waals surface area contributed by atoms with Crippen molar-refractivity contribution in [2.45, 2.75) is 19.5 Å². The van der Waals surface area contributed by atoms with Crippen LogP contribution >= 0.6 is 12.4 Å². The number of benzene rings is 1. The molecule has 0 aromatic heterocycles. The average Bonchev–Trinajstić information content (AvgIpc) is 2.26. The Labute approximate surface area is 96.7 Å². The van der Waals surface area contributed by atoms with Gasteiger partial charge in [0.1, 0.15) is 0 Å². The Balaban J connectivity index is 0.00000196. The van der Waals surface area contributed by atoms with Gasteiger partial charge in [-0.2, -0.15) is 0 Å². The van der Waals surface area contributed by atoms with E-state index >= 15 is 0 Å². The normalized spacial score (nSPS) is 11.3. The van der Waals surface area contributed by atoms with Gasteiger partial charge in [-0.05, 0) is 12.5 Å². The summed E-state index contributed by atoms with van der Waals surface area (Å²) < 4.78 is 0. The summed E-state index contributed by atoms with van der Waals surface area (Å²) in [4.78, 5) is 11.2. The van der Waals surface area contributed by atoms with E-state index < -0.39 is 0 Å². The lowest BCUT2D eigenvalue weighted by atomic mass is 10.2. The van der Waals surface area contributed by atoms with Gasteiger partial charge in [-0.1, -0.05) is 30.3 Å². The van der Waals surface area contributed by atoms with Crippen LogP contribution in [-0.2, 0) is 11.3 Å². The highest BCUT2D eigenvalue weighted by Crippen LogP contribution is 1.97. The van der Waals surface area contributed by atoms with Gasteiger partial charge in [0, 0.05) is 13.6 Å². The van der Waals surface area contributed by atoms with Crippen molar-refractivity contribution in [3.8, 4) is 0 Å². The Hall–Kier alpha value is -1.06. The third-order valence-electron chi connectivity index (χ3n) is 2.09. The van der Waals surface area contributed by atoms with E-state index in [9.17, 15) is 4.79 Å². The molecule has 1 aromatic rings. The van der Waals surface area contributed by atoms with E-state index in [1.165, 1.54) is 5.56 Å². The molecule has 1 amide bonds. The van der Waals surface area contributed by atoms with Crippen molar-refractivity contribution in [1.82, 2.24) is 10.6 Å². The van der Waals surface area contributed by atoms with E-state index in [2.05, 4.69) is 10.6 Å². The van der Waals surface area contributed by atoms with Crippen LogP contribution in [0, 0.1) is 0 Å². The molecule has 4 heteroatoms. The first kappa shape index (κ1) is 13.9. The molecule has 2 N–H and O–H groups in total. The van der Waals surface area contributed by atoms with Crippen LogP contribution in [0.4, 0.5) is 0 Å². The largest absolute Gasteiger partial charge is 0.358 e. The highest BCUT2D eigenvalue weighted by Gasteiger charge is 2.08. The monoisotopic (exact) mass is 228 g/mol. The maximum absolute atomic E-state index is 11.2. The molecule has 0 aliphatic carbocycles. The molecule has 3 nitrogen and oxygen atoms in total. The zero-order valence-electron chi connectivity index (χ0n) is 8.99. The smallest absolute Gasteiger partial charge is 0.236 e. The molecule has 0 radical (unpaired) electrons. The van der Waals surface area contributed by atoms with Crippen LogP contribution in [0.1, 0.15) is 12.5 Å². The van der Waals surface area contributed by atoms with Gasteiger partial charge >= 0.3 is 0 Å². The summed E-state index contributed by atoms with van der Waals surface area (Å²) in [5.41, 5.74) is 1.18. The second-order valence-electron chi connectivity index (χ2n) is 3.20. The summed E-state index contributed by atoms with van der Waals surface area (Å²) in [6, 6.07) is 9.86. The van der Waals surface area contributed by atoms with E-state index in [4.69, 9.17) is 0 Å². The van der Waals surface area contributed by atoms with Crippen molar-refractivity contribution in [1.29, 1.82) is 0 Å². The first-order valence-electron chi connectivity index (χ1n) is 4.73. The summed E-state index contributed by atoms with van der Waals surface area (Å²) >= 11 is 0. The van der Waals surface area contributed by atoms with Gasteiger partial charge in [-0.25, -0.2) is 0 Å². The molecule has 0 unspecified atom stereocenters. The molecule has 1 atom stereocenters. The van der Waals surface area contributed by atoms with Crippen molar-refractivity contribution in [2.75, 3.05) is 7.05 Å². The van der Waals surface area contributed by atoms with E-state index in [0.29, 0.717) is 0 Å². The molecular formula is C11H17ClN2O. The number of likely N-dealkylation sites (N-methyl/N-ethyl adjacent to an activating group) is 1. The molecule has 0 saturated carbocycles. The standard InChI is InChI=1S/C11H16N2O.ClH/c1-9(11(14)12-2)13-8-10-6-4-3-5-7-10;/h3-7,9,13H,8H2,1-2H3,(H,12,14);1H/t9-;/m1./s1. The Morgan fingerprint density at radius 1 is 1.33 bits per heavy atom. The van der Waals surface area contributed by atoms with Crippen LogP contribution in [0.15, 0.2) is 30.3 Å². The van der Waals surface area contributed by atoms with Gasteiger partial charge in [0.25, 0.3) is 0 Å². The maximum Gasteiger partial charge on any atom is 0.236 e. The molecule has 0 bridgehead atoms. The summed E-state index contributed by atoms with van der Waals surface area (Å²) in [5, 5.41) is 5.74. The van der Waals surface area contributed by atoms with E-state index in [-0.39, 0.29) is 24.4 Å². The number of nitrogens with one attached hydrogen (secondary N) is 2. The number of rotatable bonds is 4. The Morgan fingerprint density at radius 3 is 2.47 bits per heavy atom. The van der Waals surface area contributed by atoms with E-state index in [1.807, 2.05) is 37.3 Å². The quantitative estimate of drug-likeness (QED) is 0.817. The van der Waals surface area contributed by atoms with Crippen LogP contribution in [-0.4, -0.2) is 19.0 Å². The molecule has 0 saturated heterocycles. The average molecular weight is 229 g/mol. The number of amides is 1. The lowest BCUT2D eigenvalue weighted by Gasteiger charge is -2.11. The van der Waals surface area contributed by atoms with Crippen molar-refractivity contribution >= 4 is 18.3 Å². The fourth-order valence-electron chi connectivity index (χ4n) is 1.18. The number of carbonyl (C=O) groups excluding carboxylic acids is 1. The first-order valence-corrected chi connectivity index (χ1v) is 4.73. The number of carbonyl (C=O) groups is 1. The third kappa shape index (κ3) is 4.81. The topological polar surface area (TPSA) is 41.1 Å². The highest BCUT2D eigenvalue weighted by atomic mass is 35.5. The molecule has 0 heterocycles. The number of hydrogen-bond donors (Lipinski definition) is 2. The van der Waals surface area contributed by atoms with Crippen molar-refractivity contribution in [3.63, 3.8) is 0 Å². The molecule has 1 aromatic carbocycles. The second kappa shape index (κ2) is 7.26. The maximum atomic E-state index is 11.2. The summed E-state index contributed by atoms with van der Waals surface area (Å²) in [6.07, 6.45) is 0. The minimum Gasteiger partial charge on any atom is -0.358 e. The van der Waals surface area contributed by atoms with Crippen LogP contribution in [0.5, 0.6) is 0 Å². The van der Waals surface area contributed by atoms with Crippen molar-refractivity contribution < 1.29 is 4.79 Å². The van der Waals surface area contributed by atoms with Gasteiger partial charge < -0.3 is 10.6 Å². The second-order valence-corrected chi connectivity index (χ2v) is 3.20. The fourth-order valence-corrected chi connectivity index (χ4v) is 1.18. The predicted molar refractivity (Wildman–Crippen MR) is 64.1 cm³/mol. The Morgan fingerprint density at radius 2 is 1.93 bits per heavy atom. The molecule has 0 fully saturated rings. The minimum atomic E-state index is -0.153. The molecule has 15 heavy (non-hydrogen) atoms. The van der Waals surface area contributed by atoms with Crippen molar-refractivity contribution in [3.05, 3.63) is 35.9 Å². The van der Waals surface area contributed by atoms with Gasteiger partial charge in [0.05, 0.1) is 6.04 Å². The molecule has 0 aliphatic rings. The van der Waals surface area contributed by atoms with Gasteiger partial charge in [-0.15, -0.1) is 12.4 Å². The van der Waals surface area contributed by atoms with Crippen LogP contribution in [0.2, 0.25) is 0 Å². The predicted octanol–water partition coefficient (Wildman–Crippen LogP) is 1.33. The molecular weight excluding hydrogens is 212 g/mol. The van der Waals surface area contributed by atoms with Gasteiger partial charge in [0.2, 0.25) is 5.91 Å². The summed E-state index contributed by atoms with van der Waals surface area (Å²) in [6.45, 7) is 2.57. The summed E-state index contributed by atoms with van der Waals surface area (Å²) in [7, 11) is 1.64. The third-order valence-corrected chi connectivity index (χ3v) is 2.09. The lowest BCUT2D eigenvalue weighted by molar-refractivity contribution is -0.122. The van der Waals surface area contributed by atoms with E-state index in [1.54, 1.807) is 7.05 Å².